The summed E-state index contributed by atoms with van der Waals surface area (Å²) in [6.07, 6.45) is 1.35. The van der Waals surface area contributed by atoms with Crippen LogP contribution in [0.25, 0.3) is 0 Å². The summed E-state index contributed by atoms with van der Waals surface area (Å²) < 4.78 is 31.6. The summed E-state index contributed by atoms with van der Waals surface area (Å²) in [5.41, 5.74) is 7.43. The molecule has 0 fully saturated rings. The Kier molecular flexibility index (Phi) is 10.3. The van der Waals surface area contributed by atoms with Crippen LogP contribution < -0.4 is 17.1 Å². The van der Waals surface area contributed by atoms with Gasteiger partial charge in [0, 0.05) is 0 Å². The highest BCUT2D eigenvalue weighted by atomic mass is 32.3. The molecule has 17 heavy (non-hydrogen) atoms. The van der Waals surface area contributed by atoms with Crippen LogP contribution in [0, 0.1) is 0 Å². The predicted octanol–water partition coefficient (Wildman–Crippen LogP) is -2.44. The van der Waals surface area contributed by atoms with Crippen LogP contribution in [0.2, 0.25) is 0 Å². The number of nitrogens with one attached hydrogen (secondary N) is 1. The van der Waals surface area contributed by atoms with Crippen molar-refractivity contribution in [3.8, 4) is 0 Å². The molecule has 0 heterocycles. The summed E-state index contributed by atoms with van der Waals surface area (Å²) in [5.74, 6) is 3.68. The van der Waals surface area contributed by atoms with Gasteiger partial charge in [0.15, 0.2) is 0 Å². The highest BCUT2D eigenvalue weighted by Gasteiger charge is 2.09. The molecule has 0 saturated carbocycles. The predicted molar refractivity (Wildman–Crippen MR) is 56.2 cm³/mol. The van der Waals surface area contributed by atoms with Gasteiger partial charge in [-0.1, -0.05) is 0 Å². The number of hydroxylamine groups is 1. The minimum absolute atomic E-state index is 0.180. The molecule has 11 nitrogen and oxygen atoms in total. The van der Waals surface area contributed by atoms with Crippen molar-refractivity contribution >= 4 is 22.7 Å². The Hall–Kier alpha value is -1.47. The molecule has 102 valence electrons. The number of hydrogen-bond donors (Lipinski definition) is 6. The van der Waals surface area contributed by atoms with Crippen LogP contribution >= 0.6 is 0 Å². The molecule has 0 unspecified atom stereocenters. The molecule has 12 heteroatoms. The largest absolute Gasteiger partial charge is 0.480 e. The number of nitrogens with zero attached hydrogens (tertiary/aromatic N) is 1. The third-order valence-corrected chi connectivity index (χ3v) is 1.06. The van der Waals surface area contributed by atoms with E-state index in [1.54, 1.807) is 0 Å². The summed E-state index contributed by atoms with van der Waals surface area (Å²) >= 11 is 0. The van der Waals surface area contributed by atoms with Crippen LogP contribution in [-0.4, -0.2) is 47.6 Å². The quantitative estimate of drug-likeness (QED) is 0.0754. The van der Waals surface area contributed by atoms with Crippen molar-refractivity contribution in [2.45, 2.75) is 12.5 Å². The number of carboxylic acid groups (broad SMARTS) is 1. The first-order valence-corrected chi connectivity index (χ1v) is 5.35. The smallest absolute Gasteiger partial charge is 0.394 e. The van der Waals surface area contributed by atoms with Crippen LogP contribution in [0.5, 0.6) is 0 Å². The lowest BCUT2D eigenvalue weighted by Gasteiger charge is -2.05. The van der Waals surface area contributed by atoms with Crippen LogP contribution in [0.15, 0.2) is 5.10 Å². The van der Waals surface area contributed by atoms with Gasteiger partial charge < -0.3 is 16.7 Å². The van der Waals surface area contributed by atoms with Gasteiger partial charge in [0.2, 0.25) is 0 Å². The van der Waals surface area contributed by atoms with Crippen molar-refractivity contribution in [3.05, 3.63) is 0 Å². The number of rotatable bonds is 6. The fraction of sp³-hybridized carbons (Fsp3) is 0.600. The first-order valence-electron chi connectivity index (χ1n) is 3.95. The zero-order chi connectivity index (χ0) is 13.9. The summed E-state index contributed by atoms with van der Waals surface area (Å²) in [5, 5.41) is 11.4. The van der Waals surface area contributed by atoms with Crippen molar-refractivity contribution in [1.29, 1.82) is 0 Å². The maximum absolute atomic E-state index is 10.2. The van der Waals surface area contributed by atoms with Crippen molar-refractivity contribution in [1.82, 2.24) is 5.48 Å². The lowest BCUT2D eigenvalue weighted by atomic mass is 10.2. The molecule has 0 aromatic carbocycles. The van der Waals surface area contributed by atoms with Crippen LogP contribution in [0.4, 0.5) is 0 Å². The number of carbonyl (C=O) groups is 1. The number of carboxylic acids is 1. The lowest BCUT2D eigenvalue weighted by molar-refractivity contribution is -0.139. The van der Waals surface area contributed by atoms with Gasteiger partial charge in [0.1, 0.15) is 12.4 Å². The summed E-state index contributed by atoms with van der Waals surface area (Å²) in [4.78, 5) is 14.8. The van der Waals surface area contributed by atoms with Gasteiger partial charge in [-0.05, 0) is 6.42 Å². The average molecular weight is 274 g/mol. The van der Waals surface area contributed by atoms with Gasteiger partial charge in [0.25, 0.3) is 0 Å². The van der Waals surface area contributed by atoms with E-state index in [9.17, 15) is 4.79 Å². The van der Waals surface area contributed by atoms with Gasteiger partial charge in [-0.15, -0.1) is 0 Å². The SMILES string of the molecule is NN=CNOCC[C@H](N)C(=O)O.O=S(=O)(O)O. The summed E-state index contributed by atoms with van der Waals surface area (Å²) in [7, 11) is -4.67. The zero-order valence-corrected chi connectivity index (χ0v) is 9.37. The molecule has 0 aliphatic heterocycles. The maximum Gasteiger partial charge on any atom is 0.394 e. The number of aliphatic carboxylic acids is 1. The fourth-order valence-electron chi connectivity index (χ4n) is 0.436. The van der Waals surface area contributed by atoms with Crippen LogP contribution in [-0.2, 0) is 20.0 Å². The third-order valence-electron chi connectivity index (χ3n) is 1.06. The van der Waals surface area contributed by atoms with Crippen molar-refractivity contribution in [3.63, 3.8) is 0 Å². The molecule has 0 saturated heterocycles. The standard InChI is InChI=1S/C5H12N4O3.H2O4S/c6-4(5(10)11)1-2-12-9-3-8-7;1-5(2,3)4/h3-4H,1-2,6-7H2,(H,8,9)(H,10,11);(H2,1,2,3,4)/t4-;/m0./s1. The Morgan fingerprint density at radius 2 is 2.00 bits per heavy atom. The van der Waals surface area contributed by atoms with Crippen molar-refractivity contribution in [2.24, 2.45) is 16.7 Å². The summed E-state index contributed by atoms with van der Waals surface area (Å²) in [6, 6.07) is -0.901. The molecule has 0 aromatic rings. The van der Waals surface area contributed by atoms with E-state index >= 15 is 0 Å². The van der Waals surface area contributed by atoms with Crippen molar-refractivity contribution in [2.75, 3.05) is 6.61 Å². The molecule has 8 N–H and O–H groups in total. The van der Waals surface area contributed by atoms with E-state index in [4.69, 9.17) is 34.2 Å². The van der Waals surface area contributed by atoms with Gasteiger partial charge >= 0.3 is 16.4 Å². The van der Waals surface area contributed by atoms with Gasteiger partial charge in [-0.3, -0.25) is 24.2 Å². The third kappa shape index (κ3) is 25.1. The normalized spacial score (nSPS) is 12.6. The second-order valence-electron chi connectivity index (χ2n) is 2.43. The molecule has 0 spiro atoms. The number of hydrogen-bond acceptors (Lipinski definition) is 7. The molecule has 0 radical (unpaired) electrons. The molecule has 0 aliphatic rings. The number of nitrogens with two attached hydrogens (primary N) is 2. The van der Waals surface area contributed by atoms with Gasteiger partial charge in [-0.25, -0.2) is 0 Å². The lowest BCUT2D eigenvalue weighted by Crippen LogP contribution is -2.32. The van der Waals surface area contributed by atoms with Crippen molar-refractivity contribution < 1.29 is 32.3 Å². The maximum atomic E-state index is 10.2. The van der Waals surface area contributed by atoms with Crippen LogP contribution in [0.3, 0.4) is 0 Å². The highest BCUT2D eigenvalue weighted by Crippen LogP contribution is 1.87. The Bertz CT molecular complexity index is 321. The first kappa shape index (κ1) is 17.9. The number of hydrazone groups is 1. The minimum atomic E-state index is -4.67. The highest BCUT2D eigenvalue weighted by molar-refractivity contribution is 7.79. The molecule has 0 amide bonds. The summed E-state index contributed by atoms with van der Waals surface area (Å²) in [6.45, 7) is 0.180. The van der Waals surface area contributed by atoms with Gasteiger partial charge in [-0.2, -0.15) is 13.5 Å². The molecule has 0 aromatic heterocycles. The molecule has 0 aliphatic carbocycles. The van der Waals surface area contributed by atoms with E-state index in [0.717, 1.165) is 6.34 Å². The Balaban J connectivity index is 0. The monoisotopic (exact) mass is 274 g/mol. The van der Waals surface area contributed by atoms with Gasteiger partial charge in [0.05, 0.1) is 6.61 Å². The topological polar surface area (TPSA) is 198 Å². The van der Waals surface area contributed by atoms with E-state index in [2.05, 4.69) is 15.4 Å². The van der Waals surface area contributed by atoms with E-state index < -0.39 is 22.4 Å². The Morgan fingerprint density at radius 3 is 2.35 bits per heavy atom. The Morgan fingerprint density at radius 1 is 1.53 bits per heavy atom. The first-order chi connectivity index (χ1) is 7.68. The molecule has 0 rings (SSSR count). The molecule has 1 atom stereocenters. The fourth-order valence-corrected chi connectivity index (χ4v) is 0.436. The van der Waals surface area contributed by atoms with E-state index in [0.29, 0.717) is 0 Å². The van der Waals surface area contributed by atoms with E-state index in [-0.39, 0.29) is 13.0 Å². The average Bonchev–Trinajstić information content (AvgIpc) is 2.14. The van der Waals surface area contributed by atoms with Crippen LogP contribution in [0.1, 0.15) is 6.42 Å². The second kappa shape index (κ2) is 9.73. The van der Waals surface area contributed by atoms with E-state index in [1.807, 2.05) is 0 Å². The molecular formula is C5H14N4O7S. The zero-order valence-electron chi connectivity index (χ0n) is 8.55. The van der Waals surface area contributed by atoms with E-state index in [1.165, 1.54) is 0 Å². The second-order valence-corrected chi connectivity index (χ2v) is 3.32. The minimum Gasteiger partial charge on any atom is -0.480 e. The Labute approximate surface area is 97.0 Å². The molecule has 0 bridgehead atoms. The molecular weight excluding hydrogens is 260 g/mol.